The SMILES string of the molecule is CCCCCCCCCCCCNC(=O)[C@H](CCCCN)NC(=O)CCCCCCCCCCSCCCCCCCCCCC(=O)NCCO[C@@H]1O[C@H](COC(C)=O)[C@H](OC(C)=O)[C@H](OC(C)=O)[C@H]1OC(C)=O. The quantitative estimate of drug-likeness (QED) is 0.0252. The van der Waals surface area contributed by atoms with Gasteiger partial charge in [0, 0.05) is 53.6 Å². The van der Waals surface area contributed by atoms with E-state index in [9.17, 15) is 33.6 Å². The minimum absolute atomic E-state index is 0.0201. The summed E-state index contributed by atoms with van der Waals surface area (Å²) in [5, 5.41) is 8.91. The summed E-state index contributed by atoms with van der Waals surface area (Å²) < 4.78 is 33.0. The Morgan fingerprint density at radius 1 is 0.514 bits per heavy atom. The fraction of sp³-hybridized carbons (Fsp3) is 0.875. The zero-order chi connectivity index (χ0) is 54.4. The van der Waals surface area contributed by atoms with E-state index in [1.165, 1.54) is 128 Å². The average Bonchev–Trinajstić information content (AvgIpc) is 3.35. The monoisotopic (exact) mass is 1070 g/mol. The second-order valence-electron chi connectivity index (χ2n) is 19.9. The summed E-state index contributed by atoms with van der Waals surface area (Å²) in [6.45, 7) is 7.91. The fourth-order valence-electron chi connectivity index (χ4n) is 8.95. The molecule has 6 atom stereocenters. The molecule has 0 bridgehead atoms. The number of ether oxygens (including phenoxy) is 6. The maximum atomic E-state index is 12.9. The molecule has 430 valence electrons. The van der Waals surface area contributed by atoms with Crippen molar-refractivity contribution in [3.63, 3.8) is 0 Å². The van der Waals surface area contributed by atoms with E-state index in [1.807, 2.05) is 0 Å². The topological polar surface area (TPSA) is 237 Å². The second-order valence-corrected chi connectivity index (χ2v) is 21.2. The smallest absolute Gasteiger partial charge is 0.303 e. The minimum atomic E-state index is -1.32. The molecule has 1 fully saturated rings. The van der Waals surface area contributed by atoms with Gasteiger partial charge in [0.05, 0.1) is 6.61 Å². The van der Waals surface area contributed by atoms with Crippen LogP contribution in [-0.4, -0.2) is 123 Å². The number of amides is 3. The zero-order valence-corrected chi connectivity index (χ0v) is 47.4. The summed E-state index contributed by atoms with van der Waals surface area (Å²) in [4.78, 5) is 85.7. The Morgan fingerprint density at radius 3 is 1.50 bits per heavy atom. The minimum Gasteiger partial charge on any atom is -0.463 e. The number of carbonyl (C=O) groups is 7. The summed E-state index contributed by atoms with van der Waals surface area (Å²) in [6.07, 6.45) is 27.7. The Kier molecular flexibility index (Phi) is 43.3. The number of nitrogens with two attached hydrogens (primary N) is 1. The van der Waals surface area contributed by atoms with E-state index in [4.69, 9.17) is 34.2 Å². The van der Waals surface area contributed by atoms with Crippen molar-refractivity contribution in [2.75, 3.05) is 44.4 Å². The van der Waals surface area contributed by atoms with Gasteiger partial charge >= 0.3 is 23.9 Å². The van der Waals surface area contributed by atoms with Crippen molar-refractivity contribution in [1.29, 1.82) is 0 Å². The summed E-state index contributed by atoms with van der Waals surface area (Å²) in [6, 6.07) is -0.470. The molecule has 0 spiro atoms. The van der Waals surface area contributed by atoms with Crippen LogP contribution in [0.25, 0.3) is 0 Å². The van der Waals surface area contributed by atoms with Crippen LogP contribution in [0.2, 0.25) is 0 Å². The van der Waals surface area contributed by atoms with E-state index in [-0.39, 0.29) is 37.5 Å². The number of esters is 4. The summed E-state index contributed by atoms with van der Waals surface area (Å²) in [5.41, 5.74) is 5.69. The van der Waals surface area contributed by atoms with E-state index in [0.29, 0.717) is 32.4 Å². The van der Waals surface area contributed by atoms with Gasteiger partial charge in [-0.05, 0) is 69.4 Å². The molecule has 0 radical (unpaired) electrons. The van der Waals surface area contributed by atoms with Crippen molar-refractivity contribution in [2.24, 2.45) is 5.73 Å². The van der Waals surface area contributed by atoms with Crippen LogP contribution < -0.4 is 21.7 Å². The van der Waals surface area contributed by atoms with E-state index < -0.39 is 60.6 Å². The van der Waals surface area contributed by atoms with Gasteiger partial charge < -0.3 is 50.1 Å². The van der Waals surface area contributed by atoms with Crippen molar-refractivity contribution < 1.29 is 62.0 Å². The van der Waals surface area contributed by atoms with Crippen LogP contribution in [-0.2, 0) is 62.0 Å². The molecule has 0 aromatic heterocycles. The van der Waals surface area contributed by atoms with Crippen LogP contribution in [0.15, 0.2) is 0 Å². The first-order chi connectivity index (χ1) is 35.8. The number of hydrogen-bond donors (Lipinski definition) is 4. The van der Waals surface area contributed by atoms with Gasteiger partial charge in [-0.1, -0.05) is 142 Å². The van der Waals surface area contributed by atoms with E-state index in [1.54, 1.807) is 0 Å². The normalized spacial score (nSPS) is 17.7. The van der Waals surface area contributed by atoms with Crippen LogP contribution in [0, 0.1) is 0 Å². The Morgan fingerprint density at radius 2 is 0.986 bits per heavy atom. The maximum Gasteiger partial charge on any atom is 0.303 e. The number of rotatable bonds is 48. The number of hydrogen-bond acceptors (Lipinski definition) is 15. The molecule has 1 rings (SSSR count). The summed E-state index contributed by atoms with van der Waals surface area (Å²) >= 11 is 2.07. The highest BCUT2D eigenvalue weighted by atomic mass is 32.2. The molecule has 1 aliphatic heterocycles. The molecule has 1 heterocycles. The van der Waals surface area contributed by atoms with E-state index in [0.717, 1.165) is 91.4 Å². The molecule has 74 heavy (non-hydrogen) atoms. The third-order valence-electron chi connectivity index (χ3n) is 13.0. The van der Waals surface area contributed by atoms with Crippen LogP contribution >= 0.6 is 11.8 Å². The molecular formula is C56H102N4O13S. The average molecular weight is 1070 g/mol. The largest absolute Gasteiger partial charge is 0.463 e. The van der Waals surface area contributed by atoms with Crippen molar-refractivity contribution in [1.82, 2.24) is 16.0 Å². The Bertz CT molecular complexity index is 1510. The predicted octanol–water partition coefficient (Wildman–Crippen LogP) is 9.61. The predicted molar refractivity (Wildman–Crippen MR) is 291 cm³/mol. The van der Waals surface area contributed by atoms with Crippen LogP contribution in [0.5, 0.6) is 0 Å². The highest BCUT2D eigenvalue weighted by Crippen LogP contribution is 2.30. The molecule has 0 saturated carbocycles. The first-order valence-corrected chi connectivity index (χ1v) is 30.0. The van der Waals surface area contributed by atoms with Gasteiger partial charge in [0.15, 0.2) is 24.6 Å². The lowest BCUT2D eigenvalue weighted by Gasteiger charge is -2.44. The summed E-state index contributed by atoms with van der Waals surface area (Å²) in [7, 11) is 0. The Labute approximate surface area is 450 Å². The third-order valence-corrected chi connectivity index (χ3v) is 14.1. The molecule has 17 nitrogen and oxygen atoms in total. The maximum absolute atomic E-state index is 12.9. The lowest BCUT2D eigenvalue weighted by molar-refractivity contribution is -0.307. The standard InChI is InChI=1S/C56H102N4O13S/c1-6-7-8-9-10-11-14-19-24-31-38-59-55(67)48(34-29-30-37-57)60-51(66)36-28-23-18-13-16-21-26-33-42-74-41-32-25-20-15-12-17-22-27-35-50(65)58-39-40-68-56-54(72-47(5)64)53(71-46(4)63)52(70-45(3)62)49(73-56)43-69-44(2)61/h48-49,52-54,56H,6-43,57H2,1-5H3,(H,58,65)(H,59,67)(H,60,66)/t48-,49+,52-,53-,54+,56+/m0/s1. The van der Waals surface area contributed by atoms with Gasteiger partial charge in [-0.2, -0.15) is 11.8 Å². The third kappa shape index (κ3) is 38.1. The van der Waals surface area contributed by atoms with Gasteiger partial charge in [-0.3, -0.25) is 33.6 Å². The van der Waals surface area contributed by atoms with Gasteiger partial charge in [-0.15, -0.1) is 0 Å². The van der Waals surface area contributed by atoms with Gasteiger partial charge in [0.25, 0.3) is 0 Å². The lowest BCUT2D eigenvalue weighted by atomic mass is 9.98. The number of carbonyl (C=O) groups excluding carboxylic acids is 7. The molecule has 1 aliphatic rings. The van der Waals surface area contributed by atoms with E-state index >= 15 is 0 Å². The Balaban J connectivity index is 2.08. The van der Waals surface area contributed by atoms with Gasteiger partial charge in [-0.25, -0.2) is 0 Å². The molecule has 0 aromatic rings. The van der Waals surface area contributed by atoms with Crippen molar-refractivity contribution in [3.8, 4) is 0 Å². The van der Waals surface area contributed by atoms with Crippen LogP contribution in [0.1, 0.15) is 234 Å². The van der Waals surface area contributed by atoms with Crippen molar-refractivity contribution >= 4 is 53.4 Å². The highest BCUT2D eigenvalue weighted by Gasteiger charge is 2.52. The zero-order valence-electron chi connectivity index (χ0n) is 46.6. The molecule has 5 N–H and O–H groups in total. The number of unbranched alkanes of at least 4 members (excludes halogenated alkanes) is 24. The van der Waals surface area contributed by atoms with E-state index in [2.05, 4.69) is 34.6 Å². The molecular weight excluding hydrogens is 969 g/mol. The first kappa shape index (κ1) is 68.5. The van der Waals surface area contributed by atoms with Gasteiger partial charge in [0.1, 0.15) is 18.8 Å². The van der Waals surface area contributed by atoms with Crippen LogP contribution in [0.4, 0.5) is 0 Å². The highest BCUT2D eigenvalue weighted by molar-refractivity contribution is 7.99. The van der Waals surface area contributed by atoms with Crippen molar-refractivity contribution in [3.05, 3.63) is 0 Å². The number of nitrogens with one attached hydrogen (secondary N) is 3. The van der Waals surface area contributed by atoms with Crippen LogP contribution in [0.3, 0.4) is 0 Å². The Hall–Kier alpha value is -3.48. The van der Waals surface area contributed by atoms with Crippen molar-refractivity contribution in [2.45, 2.75) is 270 Å². The molecule has 1 saturated heterocycles. The number of thioether (sulfide) groups is 1. The fourth-order valence-corrected chi connectivity index (χ4v) is 9.98. The molecule has 0 aromatic carbocycles. The first-order valence-electron chi connectivity index (χ1n) is 28.8. The van der Waals surface area contributed by atoms with Gasteiger partial charge in [0.2, 0.25) is 17.7 Å². The molecule has 3 amide bonds. The molecule has 0 unspecified atom stereocenters. The lowest BCUT2D eigenvalue weighted by Crippen LogP contribution is -2.63. The molecule has 18 heteroatoms. The summed E-state index contributed by atoms with van der Waals surface area (Å²) in [5.74, 6) is -0.544. The second kappa shape index (κ2) is 46.8. The molecule has 0 aliphatic carbocycles.